The molecule has 126 valence electrons. The lowest BCUT2D eigenvalue weighted by atomic mass is 10.1. The molecule has 0 bridgehead atoms. The van der Waals surface area contributed by atoms with E-state index in [1.807, 2.05) is 29.2 Å². The zero-order valence-corrected chi connectivity index (χ0v) is 16.5. The molecule has 24 heavy (non-hydrogen) atoms. The first-order valence-corrected chi connectivity index (χ1v) is 9.57. The third-order valence-corrected chi connectivity index (χ3v) is 5.42. The van der Waals surface area contributed by atoms with Crippen LogP contribution in [-0.2, 0) is 11.3 Å². The third kappa shape index (κ3) is 4.03. The van der Waals surface area contributed by atoms with Gasteiger partial charge in [0.2, 0.25) is 5.91 Å². The van der Waals surface area contributed by atoms with Gasteiger partial charge < -0.3 is 9.80 Å². The van der Waals surface area contributed by atoms with E-state index in [9.17, 15) is 4.79 Å². The molecule has 0 aromatic heterocycles. The van der Waals surface area contributed by atoms with Gasteiger partial charge in [0.1, 0.15) is 0 Å². The van der Waals surface area contributed by atoms with Gasteiger partial charge in [0.05, 0.1) is 6.54 Å². The Morgan fingerprint density at radius 2 is 1.79 bits per heavy atom. The highest BCUT2D eigenvalue weighted by atomic mass is 127. The lowest BCUT2D eigenvalue weighted by Crippen LogP contribution is -2.56. The first-order chi connectivity index (χ1) is 11.6. The molecule has 2 aromatic carbocycles. The second kappa shape index (κ2) is 7.74. The van der Waals surface area contributed by atoms with Crippen LogP contribution in [0, 0.1) is 3.57 Å². The average Bonchev–Trinajstić information content (AvgIpc) is 2.59. The maximum atomic E-state index is 12.7. The molecule has 1 amide bonds. The Balaban J connectivity index is 1.75. The van der Waals surface area contributed by atoms with Crippen LogP contribution in [0.1, 0.15) is 18.9 Å². The van der Waals surface area contributed by atoms with Crippen molar-refractivity contribution in [1.82, 2.24) is 4.90 Å². The SMILES string of the molecule is CCC1CN(c2ccc(I)cc2)CC(=O)N1Cc1ccc(Cl)cc1. The number of piperazine rings is 1. The molecule has 1 aliphatic heterocycles. The van der Waals surface area contributed by atoms with Gasteiger partial charge >= 0.3 is 0 Å². The highest BCUT2D eigenvalue weighted by molar-refractivity contribution is 14.1. The number of carbonyl (C=O) groups is 1. The molecule has 1 unspecified atom stereocenters. The van der Waals surface area contributed by atoms with Crippen molar-refractivity contribution in [2.24, 2.45) is 0 Å². The van der Waals surface area contributed by atoms with Gasteiger partial charge in [0.25, 0.3) is 0 Å². The third-order valence-electron chi connectivity index (χ3n) is 4.45. The van der Waals surface area contributed by atoms with E-state index in [0.717, 1.165) is 29.2 Å². The summed E-state index contributed by atoms with van der Waals surface area (Å²) in [6.45, 7) is 4.10. The van der Waals surface area contributed by atoms with E-state index in [-0.39, 0.29) is 11.9 Å². The molecule has 0 saturated carbocycles. The van der Waals surface area contributed by atoms with Crippen molar-refractivity contribution in [2.45, 2.75) is 25.9 Å². The summed E-state index contributed by atoms with van der Waals surface area (Å²) in [5.74, 6) is 0.182. The highest BCUT2D eigenvalue weighted by Crippen LogP contribution is 2.24. The number of halogens is 2. The number of nitrogens with zero attached hydrogens (tertiary/aromatic N) is 2. The number of rotatable bonds is 4. The summed E-state index contributed by atoms with van der Waals surface area (Å²) in [7, 11) is 0. The van der Waals surface area contributed by atoms with Crippen molar-refractivity contribution in [2.75, 3.05) is 18.0 Å². The number of hydrogen-bond acceptors (Lipinski definition) is 2. The topological polar surface area (TPSA) is 23.6 Å². The Morgan fingerprint density at radius 3 is 2.42 bits per heavy atom. The zero-order chi connectivity index (χ0) is 17.1. The van der Waals surface area contributed by atoms with Crippen LogP contribution in [0.2, 0.25) is 5.02 Å². The molecule has 1 aliphatic rings. The first kappa shape index (κ1) is 17.5. The summed E-state index contributed by atoms with van der Waals surface area (Å²) in [6.07, 6.45) is 0.945. The maximum Gasteiger partial charge on any atom is 0.242 e. The minimum Gasteiger partial charge on any atom is -0.360 e. The lowest BCUT2D eigenvalue weighted by molar-refractivity contribution is -0.134. The van der Waals surface area contributed by atoms with Crippen LogP contribution in [0.5, 0.6) is 0 Å². The Morgan fingerprint density at radius 1 is 1.12 bits per heavy atom. The summed E-state index contributed by atoms with van der Waals surface area (Å²) in [5, 5.41) is 0.723. The highest BCUT2D eigenvalue weighted by Gasteiger charge is 2.31. The number of benzene rings is 2. The average molecular weight is 455 g/mol. The van der Waals surface area contributed by atoms with Crippen LogP contribution in [0.15, 0.2) is 48.5 Å². The van der Waals surface area contributed by atoms with Gasteiger partial charge in [-0.05, 0) is 71.0 Å². The molecule has 0 N–H and O–H groups in total. The molecule has 0 spiro atoms. The summed E-state index contributed by atoms with van der Waals surface area (Å²) >= 11 is 8.25. The number of amides is 1. The second-order valence-corrected chi connectivity index (χ2v) is 7.75. The Kier molecular flexibility index (Phi) is 5.66. The fourth-order valence-electron chi connectivity index (χ4n) is 3.08. The molecule has 3 rings (SSSR count). The molecule has 5 heteroatoms. The molecule has 0 radical (unpaired) electrons. The minimum absolute atomic E-state index is 0.182. The summed E-state index contributed by atoms with van der Waals surface area (Å²) in [4.78, 5) is 16.9. The lowest BCUT2D eigenvalue weighted by Gasteiger charge is -2.42. The van der Waals surface area contributed by atoms with E-state index in [1.54, 1.807) is 0 Å². The van der Waals surface area contributed by atoms with E-state index < -0.39 is 0 Å². The molecule has 2 aromatic rings. The molecule has 1 atom stereocenters. The van der Waals surface area contributed by atoms with Crippen molar-refractivity contribution < 1.29 is 4.79 Å². The zero-order valence-electron chi connectivity index (χ0n) is 13.6. The smallest absolute Gasteiger partial charge is 0.242 e. The van der Waals surface area contributed by atoms with Gasteiger partial charge in [-0.25, -0.2) is 0 Å². The van der Waals surface area contributed by atoms with Crippen molar-refractivity contribution in [3.63, 3.8) is 0 Å². The van der Waals surface area contributed by atoms with Gasteiger partial charge in [-0.15, -0.1) is 0 Å². The van der Waals surface area contributed by atoms with Crippen LogP contribution in [0.3, 0.4) is 0 Å². The Labute approximate surface area is 161 Å². The normalized spacial score (nSPS) is 18.1. The predicted octanol–water partition coefficient (Wildman–Crippen LogP) is 4.57. The maximum absolute atomic E-state index is 12.7. The van der Waals surface area contributed by atoms with E-state index in [2.05, 4.69) is 58.7 Å². The van der Waals surface area contributed by atoms with Gasteiger partial charge in [-0.2, -0.15) is 0 Å². The first-order valence-electron chi connectivity index (χ1n) is 8.11. The summed E-state index contributed by atoms with van der Waals surface area (Å²) in [5.41, 5.74) is 2.24. The van der Waals surface area contributed by atoms with Crippen molar-refractivity contribution in [3.05, 3.63) is 62.7 Å². The van der Waals surface area contributed by atoms with E-state index in [1.165, 1.54) is 3.57 Å². The molecule has 3 nitrogen and oxygen atoms in total. The second-order valence-electron chi connectivity index (χ2n) is 6.07. The van der Waals surface area contributed by atoms with Gasteiger partial charge in [0, 0.05) is 33.4 Å². The molecule has 0 aliphatic carbocycles. The van der Waals surface area contributed by atoms with Crippen LogP contribution in [0.25, 0.3) is 0 Å². The van der Waals surface area contributed by atoms with Crippen molar-refractivity contribution >= 4 is 45.8 Å². The van der Waals surface area contributed by atoms with Crippen molar-refractivity contribution in [1.29, 1.82) is 0 Å². The molecular weight excluding hydrogens is 435 g/mol. The molecule has 1 heterocycles. The van der Waals surface area contributed by atoms with Crippen LogP contribution in [-0.4, -0.2) is 29.9 Å². The van der Waals surface area contributed by atoms with Crippen LogP contribution < -0.4 is 4.90 Å². The van der Waals surface area contributed by atoms with E-state index in [4.69, 9.17) is 11.6 Å². The minimum atomic E-state index is 0.182. The standard InChI is InChI=1S/C19H20ClIN2O/c1-2-17-12-22(18-9-7-16(21)8-10-18)13-19(24)23(17)11-14-3-5-15(20)6-4-14/h3-10,17H,2,11-13H2,1H3. The Hall–Kier alpha value is -1.27. The fourth-order valence-corrected chi connectivity index (χ4v) is 3.56. The number of anilines is 1. The van der Waals surface area contributed by atoms with Gasteiger partial charge in [0.15, 0.2) is 0 Å². The number of hydrogen-bond donors (Lipinski definition) is 0. The molecule has 1 saturated heterocycles. The quantitative estimate of drug-likeness (QED) is 0.632. The van der Waals surface area contributed by atoms with Gasteiger partial charge in [-0.3, -0.25) is 4.79 Å². The monoisotopic (exact) mass is 454 g/mol. The largest absolute Gasteiger partial charge is 0.360 e. The summed E-state index contributed by atoms with van der Waals surface area (Å²) < 4.78 is 1.20. The Bertz CT molecular complexity index is 702. The van der Waals surface area contributed by atoms with Crippen LogP contribution in [0.4, 0.5) is 5.69 Å². The van der Waals surface area contributed by atoms with E-state index in [0.29, 0.717) is 13.1 Å². The van der Waals surface area contributed by atoms with Crippen molar-refractivity contribution in [3.8, 4) is 0 Å². The summed E-state index contributed by atoms with van der Waals surface area (Å²) in [6, 6.07) is 16.3. The molecule has 1 fully saturated rings. The fraction of sp³-hybridized carbons (Fsp3) is 0.316. The van der Waals surface area contributed by atoms with E-state index >= 15 is 0 Å². The molecular formula is C19H20ClIN2O. The van der Waals surface area contributed by atoms with Gasteiger partial charge in [-0.1, -0.05) is 30.7 Å². The predicted molar refractivity (Wildman–Crippen MR) is 107 cm³/mol. The van der Waals surface area contributed by atoms with Crippen LogP contribution >= 0.6 is 34.2 Å². The number of carbonyl (C=O) groups excluding carboxylic acids is 1.